The van der Waals surface area contributed by atoms with Gasteiger partial charge in [-0.05, 0) is 19.1 Å². The van der Waals surface area contributed by atoms with E-state index >= 15 is 0 Å². The average Bonchev–Trinajstić information content (AvgIpc) is 2.10. The number of nitrogens with one attached hydrogen (secondary N) is 1. The van der Waals surface area contributed by atoms with Gasteiger partial charge in [-0.25, -0.2) is 4.79 Å². The van der Waals surface area contributed by atoms with Crippen molar-refractivity contribution >= 4 is 22.4 Å². The topological polar surface area (TPSA) is 101 Å². The molecule has 0 aromatic heterocycles. The van der Waals surface area contributed by atoms with Gasteiger partial charge >= 0.3 is 6.03 Å². The van der Waals surface area contributed by atoms with E-state index in [0.717, 1.165) is 11.4 Å². The number of hydrogen-bond acceptors (Lipinski definition) is 2. The Labute approximate surface area is 81.4 Å². The summed E-state index contributed by atoms with van der Waals surface area (Å²) < 4.78 is 0. The van der Waals surface area contributed by atoms with Crippen LogP contribution in [0.4, 0.5) is 4.79 Å². The smallest absolute Gasteiger partial charge is 0.312 e. The van der Waals surface area contributed by atoms with Crippen molar-refractivity contribution in [1.29, 1.82) is 0 Å². The molecule has 0 saturated carbocycles. The minimum atomic E-state index is -0.532. The molecule has 0 radical (unpaired) electrons. The van der Waals surface area contributed by atoms with Gasteiger partial charge in [0.15, 0.2) is 0 Å². The molecular formula is C7H17N3O2S. The van der Waals surface area contributed by atoms with Crippen molar-refractivity contribution in [3.63, 3.8) is 0 Å². The maximum absolute atomic E-state index is 10.3. The van der Waals surface area contributed by atoms with E-state index in [1.165, 1.54) is 0 Å². The number of urea groups is 1. The van der Waals surface area contributed by atoms with E-state index in [-0.39, 0.29) is 11.1 Å². The van der Waals surface area contributed by atoms with Gasteiger partial charge in [0.1, 0.15) is 0 Å². The zero-order valence-electron chi connectivity index (χ0n) is 7.66. The first kappa shape index (κ1) is 12.4. The Kier molecular flexibility index (Phi) is 6.56. The third kappa shape index (κ3) is 6.56. The highest BCUT2D eigenvalue weighted by Gasteiger charge is 2.05. The molecule has 0 unspecified atom stereocenters. The Bertz CT molecular complexity index is 196. The summed E-state index contributed by atoms with van der Waals surface area (Å²) in [5.74, 6) is 0. The summed E-state index contributed by atoms with van der Waals surface area (Å²) in [5.41, 5.74) is 10.5. The number of carbonyl (C=O) groups is 1. The van der Waals surface area contributed by atoms with Crippen molar-refractivity contribution < 1.29 is 9.90 Å². The number of rotatable bonds is 5. The highest BCUT2D eigenvalue weighted by atomic mass is 32.1. The lowest BCUT2D eigenvalue weighted by Crippen LogP contribution is -2.33. The van der Waals surface area contributed by atoms with Crippen LogP contribution >= 0.6 is 11.4 Å². The molecule has 0 saturated heterocycles. The lowest BCUT2D eigenvalue weighted by atomic mass is 10.2. The summed E-state index contributed by atoms with van der Waals surface area (Å²) in [5, 5.41) is 11.9. The lowest BCUT2D eigenvalue weighted by Gasteiger charge is -2.09. The quantitative estimate of drug-likeness (QED) is 0.240. The molecule has 78 valence electrons. The van der Waals surface area contributed by atoms with E-state index in [2.05, 4.69) is 5.32 Å². The van der Waals surface area contributed by atoms with Crippen LogP contribution in [0.25, 0.3) is 0 Å². The third-order valence-corrected chi connectivity index (χ3v) is 2.34. The number of primary amides is 1. The van der Waals surface area contributed by atoms with Gasteiger partial charge in [0.25, 0.3) is 0 Å². The molecule has 6 N–H and O–H groups in total. The fourth-order valence-corrected chi connectivity index (χ4v) is 1.29. The molecule has 13 heavy (non-hydrogen) atoms. The predicted octanol–water partition coefficient (Wildman–Crippen LogP) is -0.455. The zero-order valence-corrected chi connectivity index (χ0v) is 8.55. The lowest BCUT2D eigenvalue weighted by molar-refractivity contribution is 0.248. The number of amides is 2. The number of thiol groups is 1. The van der Waals surface area contributed by atoms with Gasteiger partial charge in [0.2, 0.25) is 0 Å². The van der Waals surface area contributed by atoms with Crippen molar-refractivity contribution in [2.75, 3.05) is 12.8 Å². The molecule has 1 atom stereocenters. The monoisotopic (exact) mass is 207 g/mol. The fraction of sp³-hybridized carbons (Fsp3) is 0.714. The van der Waals surface area contributed by atoms with Crippen molar-refractivity contribution in [3.8, 4) is 0 Å². The first-order valence-electron chi connectivity index (χ1n) is 4.02. The first-order valence-corrected chi connectivity index (χ1v) is 5.36. The summed E-state index contributed by atoms with van der Waals surface area (Å²) in [4.78, 5) is 10.3. The van der Waals surface area contributed by atoms with Gasteiger partial charge < -0.3 is 21.9 Å². The van der Waals surface area contributed by atoms with Crippen LogP contribution in [-0.2, 0) is 0 Å². The van der Waals surface area contributed by atoms with Crippen LogP contribution in [0.1, 0.15) is 12.8 Å². The molecule has 5 nitrogen and oxygen atoms in total. The molecule has 0 aromatic rings. The Morgan fingerprint density at radius 3 is 2.77 bits per heavy atom. The molecule has 0 aromatic carbocycles. The van der Waals surface area contributed by atoms with Crippen molar-refractivity contribution in [2.24, 2.45) is 11.5 Å². The fourth-order valence-electron chi connectivity index (χ4n) is 0.828. The van der Waals surface area contributed by atoms with Crippen LogP contribution in [0.5, 0.6) is 0 Å². The molecule has 0 aliphatic rings. The van der Waals surface area contributed by atoms with Gasteiger partial charge in [-0.2, -0.15) is 11.4 Å². The number of carbonyl (C=O) groups excluding carboxylic acids is 1. The minimum absolute atomic E-state index is 0.277. The van der Waals surface area contributed by atoms with Crippen molar-refractivity contribution in [3.05, 3.63) is 0 Å². The van der Waals surface area contributed by atoms with Crippen LogP contribution in [0, 0.1) is 0 Å². The molecule has 0 aliphatic heterocycles. The molecule has 2 amide bonds. The van der Waals surface area contributed by atoms with Gasteiger partial charge in [-0.15, -0.1) is 0 Å². The molecule has 0 rings (SSSR count). The summed E-state index contributed by atoms with van der Waals surface area (Å²) in [6.07, 6.45) is 3.17. The van der Waals surface area contributed by atoms with E-state index in [4.69, 9.17) is 11.5 Å². The largest absolute Gasteiger partial charge is 0.358 e. The standard InChI is InChI=1S/C7H17N3O2S/c1-13-6(11)5(8)3-2-4-10-7(9)12/h5,11,13H,2-4,8H2,1H3,(H3,9,10,12)/t5-/m0/s1. The Balaban J connectivity index is 3.48. The van der Waals surface area contributed by atoms with E-state index in [0.29, 0.717) is 19.4 Å². The van der Waals surface area contributed by atoms with Gasteiger partial charge in [0, 0.05) is 6.54 Å². The minimum Gasteiger partial charge on any atom is -0.358 e. The summed E-state index contributed by atoms with van der Waals surface area (Å²) in [7, 11) is 0. The second-order valence-electron chi connectivity index (χ2n) is 2.62. The van der Waals surface area contributed by atoms with Crippen LogP contribution in [0.2, 0.25) is 0 Å². The molecular weight excluding hydrogens is 190 g/mol. The number of aliphatic hydroxyl groups is 1. The highest BCUT2D eigenvalue weighted by molar-refractivity contribution is 7.97. The van der Waals surface area contributed by atoms with E-state index < -0.39 is 6.03 Å². The van der Waals surface area contributed by atoms with Gasteiger partial charge in [0.05, 0.1) is 11.1 Å². The van der Waals surface area contributed by atoms with Crippen LogP contribution in [0.15, 0.2) is 0 Å². The summed E-state index contributed by atoms with van der Waals surface area (Å²) in [6.45, 7) is 0.497. The maximum Gasteiger partial charge on any atom is 0.312 e. The Morgan fingerprint density at radius 2 is 2.31 bits per heavy atom. The molecule has 0 heterocycles. The number of nitrogens with two attached hydrogens (primary N) is 2. The predicted molar refractivity (Wildman–Crippen MR) is 57.3 cm³/mol. The third-order valence-electron chi connectivity index (χ3n) is 1.55. The highest BCUT2D eigenvalue weighted by Crippen LogP contribution is 1.97. The van der Waals surface area contributed by atoms with Crippen molar-refractivity contribution in [1.82, 2.24) is 5.32 Å². The molecule has 0 aliphatic carbocycles. The second-order valence-corrected chi connectivity index (χ2v) is 3.53. The number of hydrogen-bond donors (Lipinski definition) is 5. The summed E-state index contributed by atoms with van der Waals surface area (Å²) in [6, 6.07) is -0.836. The zero-order chi connectivity index (χ0) is 10.3. The SMILES string of the molecule is C[SH]=C(O)[C@@H](N)CCCNC(N)=O. The first-order chi connectivity index (χ1) is 6.07. The van der Waals surface area contributed by atoms with Crippen LogP contribution in [-0.4, -0.2) is 35.0 Å². The van der Waals surface area contributed by atoms with E-state index in [9.17, 15) is 9.90 Å². The Morgan fingerprint density at radius 1 is 1.69 bits per heavy atom. The molecule has 0 bridgehead atoms. The van der Waals surface area contributed by atoms with Gasteiger partial charge in [-0.1, -0.05) is 0 Å². The van der Waals surface area contributed by atoms with Gasteiger partial charge in [-0.3, -0.25) is 0 Å². The Hall–Kier alpha value is -0.590. The van der Waals surface area contributed by atoms with Crippen LogP contribution < -0.4 is 16.8 Å². The second kappa shape index (κ2) is 6.88. The normalized spacial score (nSPS) is 14.5. The van der Waals surface area contributed by atoms with Crippen molar-refractivity contribution in [2.45, 2.75) is 18.9 Å². The molecule has 6 heteroatoms. The van der Waals surface area contributed by atoms with E-state index in [1.807, 2.05) is 6.26 Å². The maximum atomic E-state index is 10.3. The molecule has 0 fully saturated rings. The van der Waals surface area contributed by atoms with E-state index in [1.54, 1.807) is 0 Å². The van der Waals surface area contributed by atoms with Crippen LogP contribution in [0.3, 0.4) is 0 Å². The molecule has 0 spiro atoms. The number of aliphatic hydroxyl groups excluding tert-OH is 1. The summed E-state index contributed by atoms with van der Waals surface area (Å²) >= 11 is 0.793. The average molecular weight is 207 g/mol.